The van der Waals surface area contributed by atoms with Crippen LogP contribution in [0.2, 0.25) is 0 Å². The van der Waals surface area contributed by atoms with Gasteiger partial charge in [0.05, 0.1) is 45.5 Å². The van der Waals surface area contributed by atoms with Gasteiger partial charge in [-0.25, -0.2) is 15.0 Å². The summed E-state index contributed by atoms with van der Waals surface area (Å²) in [7, 11) is 0. The summed E-state index contributed by atoms with van der Waals surface area (Å²) in [5.41, 5.74) is 6.40. The molecule has 0 unspecified atom stereocenters. The quantitative estimate of drug-likeness (QED) is 0.429. The maximum atomic E-state index is 4.94. The Morgan fingerprint density at radius 3 is 2.37 bits per heavy atom. The second-order valence-corrected chi connectivity index (χ2v) is 6.07. The third kappa shape index (κ3) is 4.10. The lowest BCUT2D eigenvalue weighted by atomic mass is 10.4. The van der Waals surface area contributed by atoms with Crippen molar-refractivity contribution in [3.8, 4) is 0 Å². The van der Waals surface area contributed by atoms with Crippen LogP contribution in [0.5, 0.6) is 0 Å². The Kier molecular flexibility index (Phi) is 5.02. The molecule has 0 aliphatic carbocycles. The van der Waals surface area contributed by atoms with E-state index in [2.05, 4.69) is 34.9 Å². The third-order valence-corrected chi connectivity index (χ3v) is 4.27. The van der Waals surface area contributed by atoms with Gasteiger partial charge in [0.1, 0.15) is 5.52 Å². The molecule has 0 saturated heterocycles. The van der Waals surface area contributed by atoms with Gasteiger partial charge in [0.15, 0.2) is 12.0 Å². The number of rotatable bonds is 0. The molecule has 132 valence electrons. The lowest BCUT2D eigenvalue weighted by Crippen LogP contribution is -1.69. The van der Waals surface area contributed by atoms with Crippen molar-refractivity contribution in [2.45, 2.75) is 0 Å². The number of nitrogens with zero attached hydrogens (tertiary/aromatic N) is 6. The highest BCUT2D eigenvalue weighted by atomic mass is 32.1. The first-order valence-corrected chi connectivity index (χ1v) is 8.77. The van der Waals surface area contributed by atoms with Gasteiger partial charge in [-0.2, -0.15) is 0 Å². The smallest absolute Gasteiger partial charge is 0.182 e. The van der Waals surface area contributed by atoms with E-state index in [1.807, 2.05) is 23.8 Å². The van der Waals surface area contributed by atoms with Gasteiger partial charge in [-0.15, -0.1) is 11.3 Å². The molecule has 0 aromatic carbocycles. The standard InChI is InChI=1S/C6H5N3.C6H4N2O.C6H4N2S/c3*1-2-7-3-6-5(1)8-4-9-6/h1-4H,(H,8,9);2*1-4H. The van der Waals surface area contributed by atoms with Crippen LogP contribution < -0.4 is 0 Å². The highest BCUT2D eigenvalue weighted by Gasteiger charge is 1.92. The molecule has 0 atom stereocenters. The summed E-state index contributed by atoms with van der Waals surface area (Å²) < 4.78 is 6.09. The van der Waals surface area contributed by atoms with E-state index >= 15 is 0 Å². The van der Waals surface area contributed by atoms with E-state index in [-0.39, 0.29) is 0 Å². The number of oxazole rings is 1. The Labute approximate surface area is 157 Å². The topological polar surface area (TPSA) is 106 Å². The summed E-state index contributed by atoms with van der Waals surface area (Å²) >= 11 is 1.61. The van der Waals surface area contributed by atoms with Crippen LogP contribution in [-0.4, -0.2) is 34.9 Å². The van der Waals surface area contributed by atoms with Gasteiger partial charge in [0, 0.05) is 24.8 Å². The van der Waals surface area contributed by atoms with Crippen LogP contribution in [-0.2, 0) is 0 Å². The number of aromatic amines is 1. The molecule has 6 heterocycles. The molecule has 1 N–H and O–H groups in total. The predicted molar refractivity (Wildman–Crippen MR) is 103 cm³/mol. The lowest BCUT2D eigenvalue weighted by molar-refractivity contribution is 0.601. The zero-order valence-electron chi connectivity index (χ0n) is 13.9. The molecule has 0 spiro atoms. The molecule has 6 aromatic heterocycles. The number of imidazole rings is 1. The molecule has 27 heavy (non-hydrogen) atoms. The van der Waals surface area contributed by atoms with Gasteiger partial charge in [0.2, 0.25) is 0 Å². The zero-order chi connectivity index (χ0) is 18.3. The van der Waals surface area contributed by atoms with Gasteiger partial charge in [-0.3, -0.25) is 15.0 Å². The number of H-pyrrole nitrogens is 1. The predicted octanol–water partition coefficient (Wildman–Crippen LogP) is 3.87. The van der Waals surface area contributed by atoms with Gasteiger partial charge in [0.25, 0.3) is 0 Å². The highest BCUT2D eigenvalue weighted by Crippen LogP contribution is 2.14. The van der Waals surface area contributed by atoms with Crippen molar-refractivity contribution in [3.63, 3.8) is 0 Å². The van der Waals surface area contributed by atoms with Gasteiger partial charge in [-0.05, 0) is 18.2 Å². The van der Waals surface area contributed by atoms with Crippen LogP contribution in [0.4, 0.5) is 0 Å². The highest BCUT2D eigenvalue weighted by molar-refractivity contribution is 7.16. The fraction of sp³-hybridized carbons (Fsp3) is 0. The largest absolute Gasteiger partial charge is 0.442 e. The minimum atomic E-state index is 0.734. The zero-order valence-corrected chi connectivity index (χ0v) is 14.7. The average molecular weight is 375 g/mol. The number of pyridine rings is 3. The molecule has 0 saturated carbocycles. The minimum absolute atomic E-state index is 0.734. The fourth-order valence-corrected chi connectivity index (χ4v) is 2.85. The van der Waals surface area contributed by atoms with Crippen LogP contribution >= 0.6 is 11.3 Å². The molecular weight excluding hydrogens is 362 g/mol. The van der Waals surface area contributed by atoms with Crippen molar-refractivity contribution >= 4 is 43.7 Å². The van der Waals surface area contributed by atoms with Crippen molar-refractivity contribution in [2.24, 2.45) is 0 Å². The van der Waals surface area contributed by atoms with E-state index in [0.29, 0.717) is 0 Å². The summed E-state index contributed by atoms with van der Waals surface area (Å²) in [6.45, 7) is 0. The SMILES string of the molecule is c1cc2nc[nH]c2cn1.c1cc2ncoc2cn1.c1cc2ncsc2cn1. The second kappa shape index (κ2) is 8.11. The number of hydrogen-bond donors (Lipinski definition) is 1. The van der Waals surface area contributed by atoms with Crippen LogP contribution in [0.15, 0.2) is 78.0 Å². The van der Waals surface area contributed by atoms with Crippen molar-refractivity contribution in [1.82, 2.24) is 34.9 Å². The van der Waals surface area contributed by atoms with E-state index in [9.17, 15) is 0 Å². The Balaban J connectivity index is 0.0000001000. The van der Waals surface area contributed by atoms with E-state index in [4.69, 9.17) is 4.42 Å². The van der Waals surface area contributed by atoms with Crippen molar-refractivity contribution in [3.05, 3.63) is 73.6 Å². The molecule has 0 radical (unpaired) electrons. The fourth-order valence-electron chi connectivity index (χ4n) is 2.20. The first kappa shape index (κ1) is 16.7. The summed E-state index contributed by atoms with van der Waals surface area (Å²) in [5, 5.41) is 0. The van der Waals surface area contributed by atoms with Crippen LogP contribution in [0.3, 0.4) is 0 Å². The Morgan fingerprint density at radius 1 is 0.778 bits per heavy atom. The maximum Gasteiger partial charge on any atom is 0.182 e. The van der Waals surface area contributed by atoms with Crippen molar-refractivity contribution in [1.29, 1.82) is 0 Å². The normalized spacial score (nSPS) is 10.2. The molecule has 0 fully saturated rings. The molecule has 0 bridgehead atoms. The van der Waals surface area contributed by atoms with E-state index in [1.54, 1.807) is 54.7 Å². The number of fused-ring (bicyclic) bond motifs is 3. The number of aromatic nitrogens is 7. The van der Waals surface area contributed by atoms with Gasteiger partial charge >= 0.3 is 0 Å². The first-order valence-electron chi connectivity index (χ1n) is 7.89. The van der Waals surface area contributed by atoms with E-state index in [0.717, 1.165) is 32.3 Å². The van der Waals surface area contributed by atoms with E-state index in [1.165, 1.54) is 6.39 Å². The number of nitrogens with one attached hydrogen (secondary N) is 1. The van der Waals surface area contributed by atoms with Crippen LogP contribution in [0.1, 0.15) is 0 Å². The summed E-state index contributed by atoms with van der Waals surface area (Å²) in [4.78, 5) is 26.7. The third-order valence-electron chi connectivity index (χ3n) is 3.49. The maximum absolute atomic E-state index is 4.94. The second-order valence-electron chi connectivity index (χ2n) is 5.19. The Morgan fingerprint density at radius 2 is 1.56 bits per heavy atom. The molecular formula is C18H13N7OS. The Hall–Kier alpha value is -3.72. The molecule has 0 aliphatic heterocycles. The average Bonchev–Trinajstić information content (AvgIpc) is 3.48. The van der Waals surface area contributed by atoms with Gasteiger partial charge < -0.3 is 9.40 Å². The lowest BCUT2D eigenvalue weighted by Gasteiger charge is -1.80. The summed E-state index contributed by atoms with van der Waals surface area (Å²) in [6, 6.07) is 5.58. The number of hydrogen-bond acceptors (Lipinski definition) is 8. The molecule has 0 aliphatic rings. The number of thiazole rings is 1. The Bertz CT molecular complexity index is 1010. The van der Waals surface area contributed by atoms with Crippen LogP contribution in [0.25, 0.3) is 32.3 Å². The van der Waals surface area contributed by atoms with Crippen molar-refractivity contribution < 1.29 is 4.42 Å². The summed E-state index contributed by atoms with van der Waals surface area (Å²) in [6.07, 6.45) is 13.5. The summed E-state index contributed by atoms with van der Waals surface area (Å²) in [5.74, 6) is 0. The monoisotopic (exact) mass is 375 g/mol. The van der Waals surface area contributed by atoms with Gasteiger partial charge in [-0.1, -0.05) is 0 Å². The van der Waals surface area contributed by atoms with Crippen LogP contribution in [0, 0.1) is 0 Å². The molecule has 0 amide bonds. The minimum Gasteiger partial charge on any atom is -0.442 e. The first-order chi connectivity index (χ1) is 13.4. The molecule has 8 nitrogen and oxygen atoms in total. The molecule has 6 rings (SSSR count). The van der Waals surface area contributed by atoms with Crippen molar-refractivity contribution in [2.75, 3.05) is 0 Å². The molecule has 6 aromatic rings. The molecule has 9 heteroatoms. The van der Waals surface area contributed by atoms with E-state index < -0.39 is 0 Å².